The van der Waals surface area contributed by atoms with Crippen LogP contribution < -0.4 is 0 Å². The number of aromatic nitrogens is 2. The van der Waals surface area contributed by atoms with Gasteiger partial charge < -0.3 is 0 Å². The largest absolute Gasteiger partial charge is 0.249 e. The number of aryl methyl sites for hydroxylation is 1. The lowest BCUT2D eigenvalue weighted by atomic mass is 10.2. The molecule has 0 aliphatic rings. The van der Waals surface area contributed by atoms with Crippen LogP contribution in [0, 0.1) is 6.92 Å². The summed E-state index contributed by atoms with van der Waals surface area (Å²) in [7, 11) is 0. The second-order valence-corrected chi connectivity index (χ2v) is 6.93. The summed E-state index contributed by atoms with van der Waals surface area (Å²) in [5, 5.41) is 2.31. The first-order valence-corrected chi connectivity index (χ1v) is 7.60. The summed E-state index contributed by atoms with van der Waals surface area (Å²) in [5.74, 6) is 0.494. The van der Waals surface area contributed by atoms with E-state index in [-0.39, 0.29) is 0 Å². The lowest BCUT2D eigenvalue weighted by molar-refractivity contribution is 0.852. The van der Waals surface area contributed by atoms with Crippen molar-refractivity contribution in [2.24, 2.45) is 0 Å². The van der Waals surface area contributed by atoms with Crippen molar-refractivity contribution in [3.05, 3.63) is 34.4 Å². The minimum absolute atomic E-state index is 0.494. The Balaban J connectivity index is 2.06. The zero-order valence-electron chi connectivity index (χ0n) is 10.6. The van der Waals surface area contributed by atoms with Gasteiger partial charge in [-0.2, -0.15) is 0 Å². The molecule has 0 atom stereocenters. The Morgan fingerprint density at radius 2 is 2.00 bits per heavy atom. The van der Waals surface area contributed by atoms with E-state index >= 15 is 0 Å². The summed E-state index contributed by atoms with van der Waals surface area (Å²) in [6.45, 7) is 6.40. The Kier molecular flexibility index (Phi) is 2.92. The maximum Gasteiger partial charge on any atom is 0.0956 e. The van der Waals surface area contributed by atoms with Gasteiger partial charge in [-0.1, -0.05) is 19.9 Å². The molecule has 2 aromatic heterocycles. The second-order valence-electron chi connectivity index (χ2n) is 4.63. The van der Waals surface area contributed by atoms with E-state index in [2.05, 4.69) is 42.0 Å². The molecule has 0 radical (unpaired) electrons. The third-order valence-corrected chi connectivity index (χ3v) is 5.10. The van der Waals surface area contributed by atoms with Gasteiger partial charge in [0, 0.05) is 12.1 Å². The fourth-order valence-electron chi connectivity index (χ4n) is 1.88. The molecular formula is C14H14N2S2. The summed E-state index contributed by atoms with van der Waals surface area (Å²) in [4.78, 5) is 10.3. The number of fused-ring (bicyclic) bond motifs is 1. The van der Waals surface area contributed by atoms with Crippen LogP contribution in [0.25, 0.3) is 20.7 Å². The van der Waals surface area contributed by atoms with Gasteiger partial charge in [-0.3, -0.25) is 0 Å². The van der Waals surface area contributed by atoms with Gasteiger partial charge in [0.1, 0.15) is 0 Å². The highest BCUT2D eigenvalue weighted by molar-refractivity contribution is 7.18. The minimum atomic E-state index is 0.494. The molecule has 18 heavy (non-hydrogen) atoms. The summed E-state index contributed by atoms with van der Waals surface area (Å²) in [6.07, 6.45) is 1.97. The quantitative estimate of drug-likeness (QED) is 0.667. The summed E-state index contributed by atoms with van der Waals surface area (Å²) < 4.78 is 1.25. The molecule has 3 aromatic rings. The van der Waals surface area contributed by atoms with Gasteiger partial charge in [0.25, 0.3) is 0 Å². The van der Waals surface area contributed by atoms with Crippen molar-refractivity contribution >= 4 is 32.9 Å². The molecule has 0 aliphatic heterocycles. The first-order valence-electron chi connectivity index (χ1n) is 5.97. The molecule has 1 aromatic carbocycles. The van der Waals surface area contributed by atoms with Crippen LogP contribution in [-0.4, -0.2) is 9.97 Å². The molecular weight excluding hydrogens is 260 g/mol. The molecule has 3 rings (SSSR count). The molecule has 4 heteroatoms. The lowest BCUT2D eigenvalue weighted by Gasteiger charge is -1.97. The van der Waals surface area contributed by atoms with Gasteiger partial charge in [0.2, 0.25) is 0 Å². The lowest BCUT2D eigenvalue weighted by Crippen LogP contribution is -1.81. The Labute approximate surface area is 114 Å². The van der Waals surface area contributed by atoms with E-state index in [4.69, 9.17) is 0 Å². The van der Waals surface area contributed by atoms with Crippen molar-refractivity contribution in [3.63, 3.8) is 0 Å². The molecule has 0 unspecified atom stereocenters. The van der Waals surface area contributed by atoms with Gasteiger partial charge in [-0.15, -0.1) is 22.7 Å². The number of rotatable bonds is 2. The van der Waals surface area contributed by atoms with Crippen molar-refractivity contribution < 1.29 is 0 Å². The number of hydrogen-bond acceptors (Lipinski definition) is 4. The summed E-state index contributed by atoms with van der Waals surface area (Å²) in [6, 6.07) is 6.48. The molecule has 0 N–H and O–H groups in total. The first-order chi connectivity index (χ1) is 8.63. The average molecular weight is 274 g/mol. The maximum atomic E-state index is 4.54. The molecule has 0 spiro atoms. The Bertz CT molecular complexity index is 695. The standard InChI is InChI=1S/C14H14N2S2/c1-8(2)14-15-7-13(18-14)10-4-5-12-11(6-10)16-9(3)17-12/h4-8H,1-3H3. The number of nitrogens with zero attached hydrogens (tertiary/aromatic N) is 2. The van der Waals surface area contributed by atoms with E-state index < -0.39 is 0 Å². The predicted octanol–water partition coefficient (Wildman–Crippen LogP) is 4.85. The maximum absolute atomic E-state index is 4.54. The van der Waals surface area contributed by atoms with Crippen molar-refractivity contribution in [3.8, 4) is 10.4 Å². The van der Waals surface area contributed by atoms with Crippen molar-refractivity contribution in [1.29, 1.82) is 0 Å². The Morgan fingerprint density at radius 1 is 1.17 bits per heavy atom. The minimum Gasteiger partial charge on any atom is -0.249 e. The predicted molar refractivity (Wildman–Crippen MR) is 79.6 cm³/mol. The van der Waals surface area contributed by atoms with Crippen LogP contribution >= 0.6 is 22.7 Å². The van der Waals surface area contributed by atoms with E-state index in [9.17, 15) is 0 Å². The summed E-state index contributed by atoms with van der Waals surface area (Å²) in [5.41, 5.74) is 2.31. The van der Waals surface area contributed by atoms with Crippen LogP contribution in [0.3, 0.4) is 0 Å². The highest BCUT2D eigenvalue weighted by atomic mass is 32.1. The molecule has 2 nitrogen and oxygen atoms in total. The van der Waals surface area contributed by atoms with Gasteiger partial charge in [-0.05, 0) is 24.6 Å². The van der Waals surface area contributed by atoms with E-state index in [1.807, 2.05) is 13.1 Å². The fourth-order valence-corrected chi connectivity index (χ4v) is 3.61. The molecule has 0 saturated heterocycles. The van der Waals surface area contributed by atoms with Crippen LogP contribution in [0.2, 0.25) is 0 Å². The number of benzene rings is 1. The van der Waals surface area contributed by atoms with Crippen LogP contribution in [0.1, 0.15) is 29.8 Å². The van der Waals surface area contributed by atoms with Gasteiger partial charge in [0.05, 0.1) is 25.1 Å². The number of thiazole rings is 2. The van der Waals surface area contributed by atoms with E-state index in [0.29, 0.717) is 5.92 Å². The first kappa shape index (κ1) is 11.8. The third kappa shape index (κ3) is 2.06. The van der Waals surface area contributed by atoms with Crippen molar-refractivity contribution in [2.75, 3.05) is 0 Å². The van der Waals surface area contributed by atoms with E-state index in [1.165, 1.54) is 20.1 Å². The molecule has 0 saturated carbocycles. The molecule has 92 valence electrons. The zero-order chi connectivity index (χ0) is 12.7. The van der Waals surface area contributed by atoms with Gasteiger partial charge in [0.15, 0.2) is 0 Å². The van der Waals surface area contributed by atoms with Crippen LogP contribution in [0.15, 0.2) is 24.4 Å². The zero-order valence-corrected chi connectivity index (χ0v) is 12.2. The fraction of sp³-hybridized carbons (Fsp3) is 0.286. The second kappa shape index (κ2) is 4.44. The average Bonchev–Trinajstić information content (AvgIpc) is 2.91. The third-order valence-electron chi connectivity index (χ3n) is 2.80. The van der Waals surface area contributed by atoms with Gasteiger partial charge >= 0.3 is 0 Å². The highest BCUT2D eigenvalue weighted by Gasteiger charge is 2.09. The molecule has 0 aliphatic carbocycles. The Morgan fingerprint density at radius 3 is 2.72 bits per heavy atom. The van der Waals surface area contributed by atoms with E-state index in [0.717, 1.165) is 10.5 Å². The SMILES string of the molecule is Cc1nc2cc(-c3cnc(C(C)C)s3)ccc2s1. The van der Waals surface area contributed by atoms with E-state index in [1.54, 1.807) is 22.7 Å². The van der Waals surface area contributed by atoms with Crippen LogP contribution in [0.5, 0.6) is 0 Å². The smallest absolute Gasteiger partial charge is 0.0956 e. The highest BCUT2D eigenvalue weighted by Crippen LogP contribution is 2.32. The normalized spacial score (nSPS) is 11.6. The monoisotopic (exact) mass is 274 g/mol. The summed E-state index contributed by atoms with van der Waals surface area (Å²) >= 11 is 3.52. The Hall–Kier alpha value is -1.26. The topological polar surface area (TPSA) is 25.8 Å². The molecule has 2 heterocycles. The number of hydrogen-bond donors (Lipinski definition) is 0. The van der Waals surface area contributed by atoms with Crippen molar-refractivity contribution in [1.82, 2.24) is 9.97 Å². The molecule has 0 amide bonds. The van der Waals surface area contributed by atoms with Gasteiger partial charge in [-0.25, -0.2) is 9.97 Å². The molecule has 0 fully saturated rings. The van der Waals surface area contributed by atoms with Crippen molar-refractivity contribution in [2.45, 2.75) is 26.7 Å². The van der Waals surface area contributed by atoms with Crippen LogP contribution in [-0.2, 0) is 0 Å². The van der Waals surface area contributed by atoms with Crippen LogP contribution in [0.4, 0.5) is 0 Å². The molecule has 0 bridgehead atoms.